The van der Waals surface area contributed by atoms with Crippen LogP contribution in [0.25, 0.3) is 0 Å². The number of pyridine rings is 1. The zero-order chi connectivity index (χ0) is 13.9. The van der Waals surface area contributed by atoms with Crippen molar-refractivity contribution in [3.63, 3.8) is 0 Å². The van der Waals surface area contributed by atoms with Crippen molar-refractivity contribution in [2.24, 2.45) is 0 Å². The standard InChI is InChI=1S/C9H6F3N3O3/c10-9(11,12)18-7-1-4(14)6(3-13)15-5(7)2-8(16)17/h1H,2,14H2,(H,16,17). The monoisotopic (exact) mass is 261 g/mol. The molecule has 0 spiro atoms. The van der Waals surface area contributed by atoms with Crippen LogP contribution < -0.4 is 10.5 Å². The summed E-state index contributed by atoms with van der Waals surface area (Å²) >= 11 is 0. The molecule has 0 aliphatic rings. The van der Waals surface area contributed by atoms with Crippen LogP contribution in [0.15, 0.2) is 6.07 Å². The summed E-state index contributed by atoms with van der Waals surface area (Å²) in [6, 6.07) is 2.25. The smallest absolute Gasteiger partial charge is 0.481 e. The van der Waals surface area contributed by atoms with Crippen LogP contribution in [0, 0.1) is 11.3 Å². The number of nitriles is 1. The van der Waals surface area contributed by atoms with Gasteiger partial charge in [0.2, 0.25) is 0 Å². The number of nitrogens with zero attached hydrogens (tertiary/aromatic N) is 2. The van der Waals surface area contributed by atoms with Gasteiger partial charge in [-0.15, -0.1) is 13.2 Å². The first-order chi connectivity index (χ1) is 8.23. The average Bonchev–Trinajstić information content (AvgIpc) is 2.19. The summed E-state index contributed by atoms with van der Waals surface area (Å²) < 4.78 is 39.8. The van der Waals surface area contributed by atoms with Gasteiger partial charge in [0.15, 0.2) is 11.4 Å². The highest BCUT2D eigenvalue weighted by molar-refractivity contribution is 5.71. The number of rotatable bonds is 3. The average molecular weight is 261 g/mol. The molecule has 1 aromatic heterocycles. The van der Waals surface area contributed by atoms with Crippen LogP contribution in [0.3, 0.4) is 0 Å². The molecule has 0 radical (unpaired) electrons. The van der Waals surface area contributed by atoms with Gasteiger partial charge in [-0.05, 0) is 0 Å². The third-order valence-electron chi connectivity index (χ3n) is 1.74. The van der Waals surface area contributed by atoms with E-state index in [0.717, 1.165) is 6.07 Å². The second-order valence-electron chi connectivity index (χ2n) is 3.10. The topological polar surface area (TPSA) is 109 Å². The highest BCUT2D eigenvalue weighted by atomic mass is 19.4. The van der Waals surface area contributed by atoms with Crippen LogP contribution in [-0.4, -0.2) is 22.4 Å². The number of anilines is 1. The van der Waals surface area contributed by atoms with Crippen LogP contribution in [0.5, 0.6) is 5.75 Å². The number of nitrogen functional groups attached to an aromatic ring is 1. The lowest BCUT2D eigenvalue weighted by atomic mass is 10.2. The Morgan fingerprint density at radius 1 is 1.61 bits per heavy atom. The van der Waals surface area contributed by atoms with Crippen molar-refractivity contribution in [2.45, 2.75) is 12.8 Å². The van der Waals surface area contributed by atoms with Crippen molar-refractivity contribution in [3.8, 4) is 11.8 Å². The maximum atomic E-state index is 12.1. The molecule has 1 heterocycles. The third kappa shape index (κ3) is 3.51. The summed E-state index contributed by atoms with van der Waals surface area (Å²) in [7, 11) is 0. The molecule has 0 aromatic carbocycles. The van der Waals surface area contributed by atoms with Gasteiger partial charge in [0.05, 0.1) is 17.8 Å². The molecule has 6 nitrogen and oxygen atoms in total. The first-order valence-corrected chi connectivity index (χ1v) is 4.40. The Morgan fingerprint density at radius 3 is 2.67 bits per heavy atom. The van der Waals surface area contributed by atoms with Gasteiger partial charge >= 0.3 is 12.3 Å². The van der Waals surface area contributed by atoms with Crippen molar-refractivity contribution in [2.75, 3.05) is 5.73 Å². The normalized spacial score (nSPS) is 10.8. The van der Waals surface area contributed by atoms with Gasteiger partial charge in [-0.2, -0.15) is 5.26 Å². The highest BCUT2D eigenvalue weighted by Gasteiger charge is 2.33. The van der Waals surface area contributed by atoms with E-state index in [9.17, 15) is 18.0 Å². The number of carbonyl (C=O) groups is 1. The van der Waals surface area contributed by atoms with E-state index in [1.807, 2.05) is 0 Å². The summed E-state index contributed by atoms with van der Waals surface area (Å²) in [4.78, 5) is 13.9. The SMILES string of the molecule is N#Cc1nc(CC(=O)O)c(OC(F)(F)F)cc1N. The van der Waals surface area contributed by atoms with Crippen LogP contribution >= 0.6 is 0 Å². The number of hydrogen-bond acceptors (Lipinski definition) is 5. The van der Waals surface area contributed by atoms with Gasteiger partial charge in [0.25, 0.3) is 0 Å². The predicted octanol–water partition coefficient (Wildman–Crippen LogP) is 1.06. The Bertz CT molecular complexity index is 522. The summed E-state index contributed by atoms with van der Waals surface area (Å²) in [5.74, 6) is -2.25. The Hall–Kier alpha value is -2.50. The van der Waals surface area contributed by atoms with E-state index in [1.165, 1.54) is 6.07 Å². The lowest BCUT2D eigenvalue weighted by Crippen LogP contribution is -2.20. The molecule has 0 aliphatic heterocycles. The summed E-state index contributed by atoms with van der Waals surface area (Å²) in [5.41, 5.74) is 4.06. The number of hydrogen-bond donors (Lipinski definition) is 2. The van der Waals surface area contributed by atoms with E-state index in [0.29, 0.717) is 0 Å². The minimum Gasteiger partial charge on any atom is -0.481 e. The summed E-state index contributed by atoms with van der Waals surface area (Å²) in [6.45, 7) is 0. The Balaban J connectivity index is 3.26. The fraction of sp³-hybridized carbons (Fsp3) is 0.222. The van der Waals surface area contributed by atoms with Crippen LogP contribution in [0.4, 0.5) is 18.9 Å². The molecular weight excluding hydrogens is 255 g/mol. The molecule has 3 N–H and O–H groups in total. The van der Waals surface area contributed by atoms with Gasteiger partial charge < -0.3 is 15.6 Å². The maximum absolute atomic E-state index is 12.1. The molecule has 1 aromatic rings. The Morgan fingerprint density at radius 2 is 2.22 bits per heavy atom. The maximum Gasteiger partial charge on any atom is 0.573 e. The van der Waals surface area contributed by atoms with E-state index < -0.39 is 30.2 Å². The van der Waals surface area contributed by atoms with Crippen molar-refractivity contribution < 1.29 is 27.8 Å². The quantitative estimate of drug-likeness (QED) is 0.841. The van der Waals surface area contributed by atoms with E-state index in [2.05, 4.69) is 9.72 Å². The van der Waals surface area contributed by atoms with Gasteiger partial charge in [-0.25, -0.2) is 4.98 Å². The zero-order valence-corrected chi connectivity index (χ0v) is 8.65. The first-order valence-electron chi connectivity index (χ1n) is 4.40. The van der Waals surface area contributed by atoms with E-state index >= 15 is 0 Å². The largest absolute Gasteiger partial charge is 0.573 e. The molecule has 1 rings (SSSR count). The molecule has 0 unspecified atom stereocenters. The van der Waals surface area contributed by atoms with Gasteiger partial charge in [0, 0.05) is 6.07 Å². The molecule has 0 saturated heterocycles. The molecule has 9 heteroatoms. The van der Waals surface area contributed by atoms with Gasteiger partial charge in [0.1, 0.15) is 6.07 Å². The fourth-order valence-electron chi connectivity index (χ4n) is 1.12. The van der Waals surface area contributed by atoms with E-state index in [1.54, 1.807) is 0 Å². The molecule has 0 saturated carbocycles. The van der Waals surface area contributed by atoms with Gasteiger partial charge in [-0.1, -0.05) is 0 Å². The lowest BCUT2D eigenvalue weighted by Gasteiger charge is -2.12. The number of halogens is 3. The van der Waals surface area contributed by atoms with Gasteiger partial charge in [-0.3, -0.25) is 4.79 Å². The Kier molecular flexibility index (Phi) is 3.61. The molecule has 18 heavy (non-hydrogen) atoms. The number of alkyl halides is 3. The molecule has 0 atom stereocenters. The molecule has 0 amide bonds. The molecule has 0 aliphatic carbocycles. The van der Waals surface area contributed by atoms with Crippen LogP contribution in [0.2, 0.25) is 0 Å². The van der Waals surface area contributed by atoms with Crippen molar-refractivity contribution in [3.05, 3.63) is 17.5 Å². The lowest BCUT2D eigenvalue weighted by molar-refractivity contribution is -0.275. The number of carboxylic acid groups (broad SMARTS) is 1. The number of aliphatic carboxylic acids is 1. The summed E-state index contributed by atoms with van der Waals surface area (Å²) in [5, 5.41) is 17.1. The van der Waals surface area contributed by atoms with Crippen LogP contribution in [-0.2, 0) is 11.2 Å². The second kappa shape index (κ2) is 4.79. The Labute approximate surface area is 98.4 Å². The van der Waals surface area contributed by atoms with Crippen molar-refractivity contribution in [1.82, 2.24) is 4.98 Å². The second-order valence-corrected chi connectivity index (χ2v) is 3.10. The molecular formula is C9H6F3N3O3. The third-order valence-corrected chi connectivity index (χ3v) is 1.74. The zero-order valence-electron chi connectivity index (χ0n) is 8.65. The number of nitrogens with two attached hydrogens (primary N) is 1. The summed E-state index contributed by atoms with van der Waals surface area (Å²) in [6.07, 6.45) is -5.82. The number of ether oxygens (including phenoxy) is 1. The van der Waals surface area contributed by atoms with E-state index in [-0.39, 0.29) is 11.4 Å². The van der Waals surface area contributed by atoms with Crippen molar-refractivity contribution in [1.29, 1.82) is 5.26 Å². The molecule has 96 valence electrons. The minimum atomic E-state index is -5.00. The highest BCUT2D eigenvalue weighted by Crippen LogP contribution is 2.28. The fourth-order valence-corrected chi connectivity index (χ4v) is 1.12. The molecule has 0 bridgehead atoms. The molecule has 0 fully saturated rings. The van der Waals surface area contributed by atoms with E-state index in [4.69, 9.17) is 16.1 Å². The van der Waals surface area contributed by atoms with Crippen molar-refractivity contribution >= 4 is 11.7 Å². The first kappa shape index (κ1) is 13.6. The number of aromatic nitrogens is 1. The minimum absolute atomic E-state index is 0.328. The predicted molar refractivity (Wildman–Crippen MR) is 51.4 cm³/mol. The van der Waals surface area contributed by atoms with Crippen LogP contribution in [0.1, 0.15) is 11.4 Å². The number of carboxylic acids is 1.